The van der Waals surface area contributed by atoms with Crippen LogP contribution in [0.5, 0.6) is 5.75 Å². The first-order chi connectivity index (χ1) is 12.7. The summed E-state index contributed by atoms with van der Waals surface area (Å²) < 4.78 is 5.32. The Morgan fingerprint density at radius 2 is 1.85 bits per heavy atom. The third-order valence-electron chi connectivity index (χ3n) is 4.24. The monoisotopic (exact) mass is 346 g/mol. The van der Waals surface area contributed by atoms with E-state index in [-0.39, 0.29) is 11.9 Å². The number of nitrogens with one attached hydrogen (secondary N) is 1. The minimum atomic E-state index is -0.281. The lowest BCUT2D eigenvalue weighted by molar-refractivity contribution is -0.120. The number of methoxy groups -OCH3 is 1. The third-order valence-corrected chi connectivity index (χ3v) is 4.24. The summed E-state index contributed by atoms with van der Waals surface area (Å²) in [7, 11) is 1.63. The van der Waals surface area contributed by atoms with Crippen LogP contribution in [-0.4, -0.2) is 18.0 Å². The van der Waals surface area contributed by atoms with Crippen LogP contribution in [0.3, 0.4) is 0 Å². The largest absolute Gasteiger partial charge is 0.497 e. The normalized spacial score (nSPS) is 11.6. The van der Waals surface area contributed by atoms with Crippen molar-refractivity contribution < 1.29 is 9.53 Å². The summed E-state index contributed by atoms with van der Waals surface area (Å²) in [6.45, 7) is 2.03. The van der Waals surface area contributed by atoms with Gasteiger partial charge < -0.3 is 10.1 Å². The number of hydrogen-bond donors (Lipinski definition) is 1. The lowest BCUT2D eigenvalue weighted by Crippen LogP contribution is -2.30. The fraction of sp³-hybridized carbons (Fsp3) is 0.182. The van der Waals surface area contributed by atoms with Crippen LogP contribution in [0.2, 0.25) is 0 Å². The molecule has 2 aromatic carbocycles. The summed E-state index contributed by atoms with van der Waals surface area (Å²) in [5, 5.41) is 3.13. The molecule has 0 aliphatic heterocycles. The molecule has 0 aliphatic carbocycles. The molecule has 0 spiro atoms. The molecule has 0 saturated heterocycles. The van der Waals surface area contributed by atoms with Crippen molar-refractivity contribution in [2.24, 2.45) is 0 Å². The molecule has 4 heteroatoms. The molecule has 4 nitrogen and oxygen atoms in total. The van der Waals surface area contributed by atoms with Crippen molar-refractivity contribution in [2.45, 2.75) is 19.4 Å². The highest BCUT2D eigenvalue weighted by Gasteiger charge is 2.18. The number of carbonyl (C=O) groups is 1. The van der Waals surface area contributed by atoms with Gasteiger partial charge in [0.05, 0.1) is 19.6 Å². The quantitative estimate of drug-likeness (QED) is 0.738. The average molecular weight is 346 g/mol. The fourth-order valence-electron chi connectivity index (χ4n) is 2.83. The van der Waals surface area contributed by atoms with Gasteiger partial charge in [-0.3, -0.25) is 9.78 Å². The van der Waals surface area contributed by atoms with E-state index in [0.717, 1.165) is 22.4 Å². The van der Waals surface area contributed by atoms with Gasteiger partial charge in [-0.05, 0) is 41.8 Å². The van der Waals surface area contributed by atoms with Crippen LogP contribution in [0, 0.1) is 6.92 Å². The molecule has 3 rings (SSSR count). The number of carbonyl (C=O) groups excluding carboxylic acids is 1. The zero-order valence-corrected chi connectivity index (χ0v) is 15.0. The minimum Gasteiger partial charge on any atom is -0.497 e. The van der Waals surface area contributed by atoms with Crippen molar-refractivity contribution >= 4 is 5.91 Å². The van der Waals surface area contributed by atoms with Gasteiger partial charge >= 0.3 is 0 Å². The summed E-state index contributed by atoms with van der Waals surface area (Å²) in [6.07, 6.45) is 3.83. The molecule has 0 fully saturated rings. The van der Waals surface area contributed by atoms with Gasteiger partial charge in [-0.15, -0.1) is 0 Å². The van der Waals surface area contributed by atoms with E-state index in [9.17, 15) is 4.79 Å². The molecule has 1 N–H and O–H groups in total. The number of hydrogen-bond acceptors (Lipinski definition) is 3. The second-order valence-electron chi connectivity index (χ2n) is 6.23. The van der Waals surface area contributed by atoms with E-state index in [4.69, 9.17) is 4.74 Å². The van der Waals surface area contributed by atoms with Gasteiger partial charge in [-0.1, -0.05) is 48.0 Å². The van der Waals surface area contributed by atoms with Crippen molar-refractivity contribution in [2.75, 3.05) is 7.11 Å². The second-order valence-corrected chi connectivity index (χ2v) is 6.23. The molecule has 0 unspecified atom stereocenters. The molecule has 3 aromatic rings. The third kappa shape index (κ3) is 4.48. The predicted octanol–water partition coefficient (Wildman–Crippen LogP) is 3.85. The van der Waals surface area contributed by atoms with Crippen molar-refractivity contribution in [1.82, 2.24) is 10.3 Å². The summed E-state index contributed by atoms with van der Waals surface area (Å²) in [6, 6.07) is 19.3. The van der Waals surface area contributed by atoms with Gasteiger partial charge in [0.25, 0.3) is 0 Å². The number of ether oxygens (including phenoxy) is 1. The molecule has 0 bridgehead atoms. The zero-order chi connectivity index (χ0) is 18.4. The van der Waals surface area contributed by atoms with E-state index >= 15 is 0 Å². The zero-order valence-electron chi connectivity index (χ0n) is 15.0. The number of aryl methyl sites for hydroxylation is 1. The summed E-state index contributed by atoms with van der Waals surface area (Å²) in [5.74, 6) is 0.717. The lowest BCUT2D eigenvalue weighted by atomic mass is 9.99. The smallest absolute Gasteiger partial charge is 0.225 e. The highest BCUT2D eigenvalue weighted by molar-refractivity contribution is 5.79. The van der Waals surface area contributed by atoms with Gasteiger partial charge in [0.1, 0.15) is 5.75 Å². The van der Waals surface area contributed by atoms with Crippen molar-refractivity contribution in [3.8, 4) is 5.75 Å². The summed E-state index contributed by atoms with van der Waals surface area (Å²) in [5.41, 5.74) is 4.05. The van der Waals surface area contributed by atoms with Crippen LogP contribution >= 0.6 is 0 Å². The average Bonchev–Trinajstić information content (AvgIpc) is 2.68. The van der Waals surface area contributed by atoms with E-state index in [1.54, 1.807) is 19.5 Å². The Balaban J connectivity index is 1.83. The molecule has 0 saturated carbocycles. The topological polar surface area (TPSA) is 51.2 Å². The highest BCUT2D eigenvalue weighted by atomic mass is 16.5. The van der Waals surface area contributed by atoms with Crippen molar-refractivity contribution in [1.29, 1.82) is 0 Å². The van der Waals surface area contributed by atoms with Gasteiger partial charge in [0.2, 0.25) is 5.91 Å². The fourth-order valence-corrected chi connectivity index (χ4v) is 2.83. The molecule has 132 valence electrons. The highest BCUT2D eigenvalue weighted by Crippen LogP contribution is 2.25. The van der Waals surface area contributed by atoms with Crippen LogP contribution in [-0.2, 0) is 11.2 Å². The second kappa shape index (κ2) is 8.30. The SMILES string of the molecule is COc1cccc([C@H](NC(=O)Cc2ccc(C)cc2)c2cccnc2)c1. The Morgan fingerprint density at radius 1 is 1.08 bits per heavy atom. The van der Waals surface area contributed by atoms with E-state index in [1.165, 1.54) is 5.56 Å². The van der Waals surface area contributed by atoms with Crippen molar-refractivity contribution in [3.63, 3.8) is 0 Å². The first-order valence-electron chi connectivity index (χ1n) is 8.54. The molecule has 1 amide bonds. The van der Waals surface area contributed by atoms with Crippen molar-refractivity contribution in [3.05, 3.63) is 95.3 Å². The van der Waals surface area contributed by atoms with Crippen LogP contribution in [0.15, 0.2) is 73.1 Å². The van der Waals surface area contributed by atoms with E-state index in [0.29, 0.717) is 6.42 Å². The van der Waals surface area contributed by atoms with Gasteiger partial charge in [0.15, 0.2) is 0 Å². The van der Waals surface area contributed by atoms with Gasteiger partial charge in [-0.25, -0.2) is 0 Å². The maximum absolute atomic E-state index is 12.6. The van der Waals surface area contributed by atoms with Crippen LogP contribution in [0.1, 0.15) is 28.3 Å². The Hall–Kier alpha value is -3.14. The van der Waals surface area contributed by atoms with Gasteiger partial charge in [-0.2, -0.15) is 0 Å². The molecule has 1 heterocycles. The Kier molecular flexibility index (Phi) is 5.64. The standard InChI is InChI=1S/C22H22N2O2/c1-16-8-10-17(11-9-16)13-21(25)24-22(19-6-4-12-23-15-19)18-5-3-7-20(14-18)26-2/h3-12,14-15,22H,13H2,1-2H3,(H,24,25)/t22-/m0/s1. The molecule has 1 atom stereocenters. The Morgan fingerprint density at radius 3 is 2.54 bits per heavy atom. The Bertz CT molecular complexity index is 861. The van der Waals surface area contributed by atoms with E-state index < -0.39 is 0 Å². The van der Waals surface area contributed by atoms with E-state index in [1.807, 2.05) is 67.6 Å². The van der Waals surface area contributed by atoms with Crippen LogP contribution < -0.4 is 10.1 Å². The number of pyridine rings is 1. The predicted molar refractivity (Wildman–Crippen MR) is 102 cm³/mol. The first kappa shape index (κ1) is 17.7. The number of nitrogens with zero attached hydrogens (tertiary/aromatic N) is 1. The summed E-state index contributed by atoms with van der Waals surface area (Å²) >= 11 is 0. The minimum absolute atomic E-state index is 0.0365. The Labute approximate surface area is 153 Å². The molecule has 1 aromatic heterocycles. The molecular formula is C22H22N2O2. The molecule has 26 heavy (non-hydrogen) atoms. The van der Waals surface area contributed by atoms with E-state index in [2.05, 4.69) is 10.3 Å². The van der Waals surface area contributed by atoms with Crippen LogP contribution in [0.25, 0.3) is 0 Å². The number of amides is 1. The summed E-state index contributed by atoms with van der Waals surface area (Å²) in [4.78, 5) is 16.8. The number of aromatic nitrogens is 1. The van der Waals surface area contributed by atoms with Crippen LogP contribution in [0.4, 0.5) is 0 Å². The lowest BCUT2D eigenvalue weighted by Gasteiger charge is -2.20. The molecular weight excluding hydrogens is 324 g/mol. The first-order valence-corrected chi connectivity index (χ1v) is 8.54. The number of benzene rings is 2. The molecule has 0 aliphatic rings. The maximum Gasteiger partial charge on any atom is 0.225 e. The van der Waals surface area contributed by atoms with Gasteiger partial charge in [0, 0.05) is 12.4 Å². The number of rotatable bonds is 6. The molecule has 0 radical (unpaired) electrons. The maximum atomic E-state index is 12.6.